The maximum absolute atomic E-state index is 11.8. The molecular formula is C15H22N4OS. The Kier molecular flexibility index (Phi) is 5.38. The van der Waals surface area contributed by atoms with Crippen LogP contribution in [0.15, 0.2) is 24.5 Å². The minimum atomic E-state index is -0.125. The second-order valence-electron chi connectivity index (χ2n) is 5.22. The van der Waals surface area contributed by atoms with Gasteiger partial charge in [-0.25, -0.2) is 9.78 Å². The van der Waals surface area contributed by atoms with E-state index in [1.807, 2.05) is 33.2 Å². The van der Waals surface area contributed by atoms with E-state index in [-0.39, 0.29) is 12.1 Å². The van der Waals surface area contributed by atoms with E-state index in [4.69, 9.17) is 0 Å². The van der Waals surface area contributed by atoms with Crippen molar-refractivity contribution < 1.29 is 4.79 Å². The molecule has 2 aromatic heterocycles. The van der Waals surface area contributed by atoms with Crippen molar-refractivity contribution in [2.24, 2.45) is 7.05 Å². The van der Waals surface area contributed by atoms with Crippen molar-refractivity contribution in [3.8, 4) is 0 Å². The third-order valence-corrected chi connectivity index (χ3v) is 4.27. The largest absolute Gasteiger partial charge is 0.354 e. The van der Waals surface area contributed by atoms with Crippen LogP contribution < -0.4 is 10.6 Å². The molecule has 21 heavy (non-hydrogen) atoms. The summed E-state index contributed by atoms with van der Waals surface area (Å²) in [5, 5.41) is 6.84. The van der Waals surface area contributed by atoms with Crippen LogP contribution in [0.3, 0.4) is 0 Å². The average molecular weight is 306 g/mol. The van der Waals surface area contributed by atoms with Crippen LogP contribution in [0.2, 0.25) is 0 Å². The van der Waals surface area contributed by atoms with Gasteiger partial charge in [-0.1, -0.05) is 0 Å². The zero-order valence-corrected chi connectivity index (χ0v) is 13.5. The van der Waals surface area contributed by atoms with Crippen molar-refractivity contribution in [1.29, 1.82) is 0 Å². The van der Waals surface area contributed by atoms with Crippen LogP contribution in [0.25, 0.3) is 0 Å². The minimum absolute atomic E-state index is 0.125. The molecule has 2 amide bonds. The molecule has 0 saturated carbocycles. The molecule has 0 unspecified atom stereocenters. The lowest BCUT2D eigenvalue weighted by molar-refractivity contribution is 0.237. The van der Waals surface area contributed by atoms with Crippen LogP contribution in [0.1, 0.15) is 28.9 Å². The van der Waals surface area contributed by atoms with E-state index in [1.54, 1.807) is 17.5 Å². The van der Waals surface area contributed by atoms with Gasteiger partial charge in [0, 0.05) is 36.1 Å². The fourth-order valence-corrected chi connectivity index (χ4v) is 2.86. The van der Waals surface area contributed by atoms with Gasteiger partial charge in [0.2, 0.25) is 0 Å². The highest BCUT2D eigenvalue weighted by molar-refractivity contribution is 7.11. The summed E-state index contributed by atoms with van der Waals surface area (Å²) in [7, 11) is 2.04. The fraction of sp³-hybridized carbons (Fsp3) is 0.467. The summed E-state index contributed by atoms with van der Waals surface area (Å²) in [6.07, 6.45) is 5.72. The Balaban J connectivity index is 1.68. The van der Waals surface area contributed by atoms with Crippen LogP contribution in [0, 0.1) is 6.92 Å². The highest BCUT2D eigenvalue weighted by Gasteiger charge is 2.08. The van der Waals surface area contributed by atoms with Gasteiger partial charge in [-0.3, -0.25) is 0 Å². The monoisotopic (exact) mass is 306 g/mol. The van der Waals surface area contributed by atoms with Crippen molar-refractivity contribution in [2.75, 3.05) is 0 Å². The van der Waals surface area contributed by atoms with E-state index < -0.39 is 0 Å². The smallest absolute Gasteiger partial charge is 0.315 e. The van der Waals surface area contributed by atoms with E-state index in [9.17, 15) is 4.79 Å². The van der Waals surface area contributed by atoms with Gasteiger partial charge in [-0.05, 0) is 38.8 Å². The number of aromatic nitrogens is 2. The summed E-state index contributed by atoms with van der Waals surface area (Å²) in [5.74, 6) is 0. The van der Waals surface area contributed by atoms with E-state index in [0.29, 0.717) is 6.54 Å². The van der Waals surface area contributed by atoms with Gasteiger partial charge in [0.25, 0.3) is 0 Å². The van der Waals surface area contributed by atoms with Gasteiger partial charge in [0.05, 0.1) is 11.6 Å². The highest BCUT2D eigenvalue weighted by Crippen LogP contribution is 2.10. The van der Waals surface area contributed by atoms with E-state index in [2.05, 4.69) is 26.3 Å². The van der Waals surface area contributed by atoms with Crippen molar-refractivity contribution >= 4 is 17.4 Å². The molecule has 0 aliphatic carbocycles. The van der Waals surface area contributed by atoms with Gasteiger partial charge >= 0.3 is 6.03 Å². The molecule has 0 aliphatic rings. The quantitative estimate of drug-likeness (QED) is 0.862. The van der Waals surface area contributed by atoms with E-state index >= 15 is 0 Å². The Morgan fingerprint density at radius 2 is 2.33 bits per heavy atom. The highest BCUT2D eigenvalue weighted by atomic mass is 32.1. The molecule has 0 fully saturated rings. The van der Waals surface area contributed by atoms with Crippen molar-refractivity contribution in [3.05, 3.63) is 40.1 Å². The zero-order chi connectivity index (χ0) is 15.2. The van der Waals surface area contributed by atoms with Crippen molar-refractivity contribution in [2.45, 2.75) is 39.3 Å². The number of nitrogens with zero attached hydrogens (tertiary/aromatic N) is 2. The molecule has 6 heteroatoms. The number of thiazole rings is 1. The molecule has 0 aliphatic heterocycles. The lowest BCUT2D eigenvalue weighted by Crippen LogP contribution is -2.40. The standard InChI is InChI=1S/C15H22N4OS/c1-11(6-7-13-5-4-8-19(13)3)18-15(20)17-10-14-9-16-12(2)21-14/h4-5,8-9,11H,6-7,10H2,1-3H3,(H2,17,18,20)/t11-/m1/s1. The lowest BCUT2D eigenvalue weighted by atomic mass is 10.1. The average Bonchev–Trinajstić information content (AvgIpc) is 3.03. The molecule has 2 rings (SSSR count). The fourth-order valence-electron chi connectivity index (χ4n) is 2.12. The van der Waals surface area contributed by atoms with Gasteiger partial charge < -0.3 is 15.2 Å². The summed E-state index contributed by atoms with van der Waals surface area (Å²) in [5.41, 5.74) is 1.28. The van der Waals surface area contributed by atoms with E-state index in [0.717, 1.165) is 22.7 Å². The molecule has 1 atom stereocenters. The maximum Gasteiger partial charge on any atom is 0.315 e. The molecule has 114 valence electrons. The first-order valence-corrected chi connectivity index (χ1v) is 7.92. The third-order valence-electron chi connectivity index (χ3n) is 3.35. The first-order valence-electron chi connectivity index (χ1n) is 7.10. The molecule has 0 radical (unpaired) electrons. The minimum Gasteiger partial charge on any atom is -0.354 e. The van der Waals surface area contributed by atoms with Crippen LogP contribution in [-0.4, -0.2) is 21.6 Å². The number of aryl methyl sites for hydroxylation is 3. The second-order valence-corrected chi connectivity index (χ2v) is 6.54. The van der Waals surface area contributed by atoms with Crippen LogP contribution in [0.4, 0.5) is 4.79 Å². The molecule has 5 nitrogen and oxygen atoms in total. The topological polar surface area (TPSA) is 59.0 Å². The van der Waals surface area contributed by atoms with Gasteiger partial charge in [0.15, 0.2) is 0 Å². The number of amides is 2. The Morgan fingerprint density at radius 3 is 2.95 bits per heavy atom. The number of urea groups is 1. The summed E-state index contributed by atoms with van der Waals surface area (Å²) in [6.45, 7) is 4.52. The van der Waals surface area contributed by atoms with Crippen LogP contribution >= 0.6 is 11.3 Å². The summed E-state index contributed by atoms with van der Waals surface area (Å²) < 4.78 is 2.11. The zero-order valence-electron chi connectivity index (χ0n) is 12.7. The van der Waals surface area contributed by atoms with Gasteiger partial charge in [0.1, 0.15) is 0 Å². The Hall–Kier alpha value is -1.82. The SMILES string of the molecule is Cc1ncc(CNC(=O)N[C@H](C)CCc2cccn2C)s1. The summed E-state index contributed by atoms with van der Waals surface area (Å²) >= 11 is 1.60. The van der Waals surface area contributed by atoms with E-state index in [1.165, 1.54) is 5.69 Å². The first kappa shape index (κ1) is 15.6. The lowest BCUT2D eigenvalue weighted by Gasteiger charge is -2.14. The Morgan fingerprint density at radius 1 is 1.52 bits per heavy atom. The summed E-state index contributed by atoms with van der Waals surface area (Å²) in [6, 6.07) is 4.17. The molecule has 0 spiro atoms. The third kappa shape index (κ3) is 4.90. The molecule has 0 bridgehead atoms. The predicted octanol–water partition coefficient (Wildman–Crippen LogP) is 2.61. The van der Waals surface area contributed by atoms with Gasteiger partial charge in [-0.15, -0.1) is 11.3 Å². The second kappa shape index (κ2) is 7.26. The van der Waals surface area contributed by atoms with Crippen molar-refractivity contribution in [1.82, 2.24) is 20.2 Å². The van der Waals surface area contributed by atoms with Crippen molar-refractivity contribution in [3.63, 3.8) is 0 Å². The van der Waals surface area contributed by atoms with Crippen LogP contribution in [0.5, 0.6) is 0 Å². The molecule has 2 heterocycles. The Bertz CT molecular complexity index is 590. The molecule has 0 aromatic carbocycles. The maximum atomic E-state index is 11.8. The normalized spacial score (nSPS) is 12.1. The molecule has 0 saturated heterocycles. The number of carbonyl (C=O) groups is 1. The molecule has 2 N–H and O–H groups in total. The summed E-state index contributed by atoms with van der Waals surface area (Å²) in [4.78, 5) is 17.1. The molecular weight excluding hydrogens is 284 g/mol. The molecule has 2 aromatic rings. The number of carbonyl (C=O) groups excluding carboxylic acids is 1. The number of nitrogens with one attached hydrogen (secondary N) is 2. The van der Waals surface area contributed by atoms with Gasteiger partial charge in [-0.2, -0.15) is 0 Å². The van der Waals surface area contributed by atoms with Crippen LogP contribution in [-0.2, 0) is 20.0 Å². The Labute approximate surface area is 129 Å². The number of hydrogen-bond acceptors (Lipinski definition) is 3. The predicted molar refractivity (Wildman–Crippen MR) is 85.4 cm³/mol. The first-order chi connectivity index (χ1) is 10.0. The number of rotatable bonds is 6. The number of hydrogen-bond donors (Lipinski definition) is 2.